The van der Waals surface area contributed by atoms with Crippen LogP contribution in [0.2, 0.25) is 0 Å². The van der Waals surface area contributed by atoms with Crippen molar-refractivity contribution in [3.63, 3.8) is 0 Å². The normalized spacial score (nSPS) is 10.5. The molecule has 0 unspecified atom stereocenters. The van der Waals surface area contributed by atoms with Gasteiger partial charge < -0.3 is 29.0 Å². The van der Waals surface area contributed by atoms with Gasteiger partial charge in [0.1, 0.15) is 5.75 Å². The van der Waals surface area contributed by atoms with Gasteiger partial charge in [0.15, 0.2) is 18.3 Å². The van der Waals surface area contributed by atoms with Gasteiger partial charge in [-0.1, -0.05) is 0 Å². The smallest absolute Gasteiger partial charge is 0.492 e. The molecule has 106 valence electrons. The van der Waals surface area contributed by atoms with E-state index in [0.29, 0.717) is 11.5 Å². The van der Waals surface area contributed by atoms with Gasteiger partial charge in [0, 0.05) is 18.6 Å². The zero-order valence-corrected chi connectivity index (χ0v) is 11.5. The first-order valence-corrected chi connectivity index (χ1v) is 5.86. The maximum atomic E-state index is 9.33. The largest absolute Gasteiger partial charge is 0.493 e. The second kappa shape index (κ2) is 7.23. The molecule has 0 saturated heterocycles. The van der Waals surface area contributed by atoms with Gasteiger partial charge >= 0.3 is 7.12 Å². The van der Waals surface area contributed by atoms with Crippen LogP contribution in [0, 0.1) is 0 Å². The van der Waals surface area contributed by atoms with Crippen molar-refractivity contribution in [1.82, 2.24) is 0 Å². The van der Waals surface area contributed by atoms with Crippen molar-refractivity contribution >= 4 is 12.6 Å². The Morgan fingerprint density at radius 3 is 2.26 bits per heavy atom. The van der Waals surface area contributed by atoms with Crippen molar-refractivity contribution in [2.45, 2.75) is 20.0 Å². The van der Waals surface area contributed by atoms with Crippen LogP contribution in [0.1, 0.15) is 13.8 Å². The molecule has 0 spiro atoms. The molecular weight excluding hydrogens is 251 g/mol. The average molecular weight is 270 g/mol. The molecule has 0 saturated carbocycles. The van der Waals surface area contributed by atoms with Crippen molar-refractivity contribution < 1.29 is 29.0 Å². The third-order valence-electron chi connectivity index (χ3n) is 2.27. The summed E-state index contributed by atoms with van der Waals surface area (Å²) in [5, 5.41) is 18.7. The minimum Gasteiger partial charge on any atom is -0.493 e. The molecule has 2 N–H and O–H groups in total. The summed E-state index contributed by atoms with van der Waals surface area (Å²) >= 11 is 0. The molecule has 0 bridgehead atoms. The Balaban J connectivity index is 3.17. The Morgan fingerprint density at radius 1 is 1.11 bits per heavy atom. The second-order valence-electron chi connectivity index (χ2n) is 4.13. The van der Waals surface area contributed by atoms with Crippen molar-refractivity contribution in [2.24, 2.45) is 0 Å². The molecular formula is C12H19BO6. The fourth-order valence-corrected chi connectivity index (χ4v) is 1.51. The maximum absolute atomic E-state index is 9.33. The Labute approximate surface area is 113 Å². The Hall–Kier alpha value is -1.44. The van der Waals surface area contributed by atoms with E-state index in [9.17, 15) is 10.0 Å². The van der Waals surface area contributed by atoms with Crippen LogP contribution >= 0.6 is 0 Å². The van der Waals surface area contributed by atoms with Crippen LogP contribution in [0.4, 0.5) is 0 Å². The third kappa shape index (κ3) is 4.31. The molecule has 19 heavy (non-hydrogen) atoms. The van der Waals surface area contributed by atoms with Crippen LogP contribution in [-0.4, -0.2) is 44.3 Å². The van der Waals surface area contributed by atoms with Crippen molar-refractivity contribution in [3.05, 3.63) is 12.1 Å². The average Bonchev–Trinajstić information content (AvgIpc) is 2.35. The predicted octanol–water partition coefficient (Wildman–Crippen LogP) is 0.145. The van der Waals surface area contributed by atoms with Crippen molar-refractivity contribution in [1.29, 1.82) is 0 Å². The molecule has 0 aliphatic heterocycles. The minimum atomic E-state index is -1.67. The van der Waals surface area contributed by atoms with Gasteiger partial charge in [-0.15, -0.1) is 0 Å². The summed E-state index contributed by atoms with van der Waals surface area (Å²) in [5.74, 6) is 1.14. The molecule has 6 nitrogen and oxygen atoms in total. The monoisotopic (exact) mass is 270 g/mol. The first kappa shape index (κ1) is 15.6. The van der Waals surface area contributed by atoms with Crippen LogP contribution in [0.5, 0.6) is 17.2 Å². The lowest BCUT2D eigenvalue weighted by atomic mass is 9.79. The summed E-state index contributed by atoms with van der Waals surface area (Å²) in [4.78, 5) is 0. The number of hydrogen-bond donors (Lipinski definition) is 2. The first-order valence-electron chi connectivity index (χ1n) is 5.86. The van der Waals surface area contributed by atoms with E-state index < -0.39 is 7.12 Å². The third-order valence-corrected chi connectivity index (χ3v) is 2.27. The molecule has 0 aliphatic rings. The molecule has 0 atom stereocenters. The molecule has 1 aromatic carbocycles. The van der Waals surface area contributed by atoms with E-state index in [1.54, 1.807) is 6.07 Å². The van der Waals surface area contributed by atoms with E-state index in [0.717, 1.165) is 0 Å². The Bertz CT molecular complexity index is 407. The van der Waals surface area contributed by atoms with Crippen LogP contribution in [0.3, 0.4) is 0 Å². The summed E-state index contributed by atoms with van der Waals surface area (Å²) in [6.07, 6.45) is -0.0472. The number of hydrogen-bond acceptors (Lipinski definition) is 6. The van der Waals surface area contributed by atoms with E-state index in [1.165, 1.54) is 20.3 Å². The van der Waals surface area contributed by atoms with Crippen molar-refractivity contribution in [3.8, 4) is 17.2 Å². The van der Waals surface area contributed by atoms with Crippen LogP contribution in [0.15, 0.2) is 12.1 Å². The minimum absolute atomic E-state index is 0.00678. The molecule has 1 aromatic rings. The fourth-order valence-electron chi connectivity index (χ4n) is 1.51. The molecule has 0 radical (unpaired) electrons. The number of ether oxygens (including phenoxy) is 4. The van der Waals surface area contributed by atoms with Crippen LogP contribution in [0.25, 0.3) is 0 Å². The number of rotatable bonds is 7. The molecule has 0 aliphatic carbocycles. The first-order chi connectivity index (χ1) is 8.99. The van der Waals surface area contributed by atoms with E-state index in [4.69, 9.17) is 18.9 Å². The number of methoxy groups -OCH3 is 2. The van der Waals surface area contributed by atoms with Crippen LogP contribution in [-0.2, 0) is 4.74 Å². The van der Waals surface area contributed by atoms with Crippen LogP contribution < -0.4 is 19.7 Å². The highest BCUT2D eigenvalue weighted by Crippen LogP contribution is 2.31. The Morgan fingerprint density at radius 2 is 1.79 bits per heavy atom. The van der Waals surface area contributed by atoms with Crippen molar-refractivity contribution in [2.75, 3.05) is 21.0 Å². The topological polar surface area (TPSA) is 77.4 Å². The zero-order valence-electron chi connectivity index (χ0n) is 11.5. The molecule has 0 aromatic heterocycles. The maximum Gasteiger partial charge on any atom is 0.492 e. The van der Waals surface area contributed by atoms with Gasteiger partial charge in [0.25, 0.3) is 0 Å². The lowest BCUT2D eigenvalue weighted by Gasteiger charge is -2.17. The van der Waals surface area contributed by atoms with E-state index >= 15 is 0 Å². The molecule has 0 amide bonds. The molecule has 0 fully saturated rings. The van der Waals surface area contributed by atoms with E-state index in [-0.39, 0.29) is 24.1 Å². The highest BCUT2D eigenvalue weighted by molar-refractivity contribution is 6.59. The van der Waals surface area contributed by atoms with E-state index in [2.05, 4.69) is 0 Å². The Kier molecular flexibility index (Phi) is 5.94. The van der Waals surface area contributed by atoms with Gasteiger partial charge in [-0.05, 0) is 19.9 Å². The zero-order chi connectivity index (χ0) is 14.4. The lowest BCUT2D eigenvalue weighted by molar-refractivity contribution is 0.0514. The van der Waals surface area contributed by atoms with Gasteiger partial charge in [0.05, 0.1) is 13.2 Å². The highest BCUT2D eigenvalue weighted by atomic mass is 16.7. The summed E-state index contributed by atoms with van der Waals surface area (Å²) in [6.45, 7) is 3.75. The predicted molar refractivity (Wildman–Crippen MR) is 71.1 cm³/mol. The second-order valence-corrected chi connectivity index (χ2v) is 4.13. The molecule has 1 rings (SSSR count). The summed E-state index contributed by atoms with van der Waals surface area (Å²) in [5.41, 5.74) is 0.185. The van der Waals surface area contributed by atoms with Gasteiger partial charge in [-0.3, -0.25) is 0 Å². The fraction of sp³-hybridized carbons (Fsp3) is 0.500. The highest BCUT2D eigenvalue weighted by Gasteiger charge is 2.22. The quantitative estimate of drug-likeness (QED) is 0.542. The van der Waals surface area contributed by atoms with E-state index in [1.807, 2.05) is 13.8 Å². The molecule has 0 heterocycles. The standard InChI is InChI=1S/C12H19BO6/c1-8(2)19-12-6-10(18-7-16-3)9(13(14)15)5-11(12)17-4/h5-6,8,14-15H,7H2,1-4H3. The van der Waals surface area contributed by atoms with Gasteiger partial charge in [0.2, 0.25) is 0 Å². The SMILES string of the molecule is COCOc1cc(OC(C)C)c(OC)cc1B(O)O. The van der Waals surface area contributed by atoms with Gasteiger partial charge in [-0.25, -0.2) is 0 Å². The lowest BCUT2D eigenvalue weighted by Crippen LogP contribution is -2.32. The summed E-state index contributed by atoms with van der Waals surface area (Å²) < 4.78 is 20.8. The van der Waals surface area contributed by atoms with Gasteiger partial charge in [-0.2, -0.15) is 0 Å². The number of benzene rings is 1. The molecule has 7 heteroatoms. The summed E-state index contributed by atoms with van der Waals surface area (Å²) in [7, 11) is 1.28. The summed E-state index contributed by atoms with van der Waals surface area (Å²) in [6, 6.07) is 3.01.